The van der Waals surface area contributed by atoms with Crippen molar-refractivity contribution in [3.05, 3.63) is 69.4 Å². The van der Waals surface area contributed by atoms with Gasteiger partial charge in [0.2, 0.25) is 5.91 Å². The highest BCUT2D eigenvalue weighted by Gasteiger charge is 2.14. The number of carbonyl (C=O) groups excluding carboxylic acids is 2. The van der Waals surface area contributed by atoms with Crippen LogP contribution in [0.4, 0.5) is 4.39 Å². The van der Waals surface area contributed by atoms with Gasteiger partial charge in [-0.05, 0) is 52.3 Å². The van der Waals surface area contributed by atoms with Gasteiger partial charge in [-0.3, -0.25) is 14.5 Å². The zero-order valence-corrected chi connectivity index (χ0v) is 19.3. The molecule has 1 heterocycles. The minimum atomic E-state index is -0.485. The van der Waals surface area contributed by atoms with Gasteiger partial charge in [0.1, 0.15) is 5.82 Å². The normalized spacial score (nSPS) is 14.9. The van der Waals surface area contributed by atoms with Crippen molar-refractivity contribution < 1.29 is 14.0 Å². The molecule has 2 amide bonds. The van der Waals surface area contributed by atoms with Gasteiger partial charge in [0.25, 0.3) is 5.91 Å². The summed E-state index contributed by atoms with van der Waals surface area (Å²) >= 11 is 3.23. The zero-order valence-electron chi connectivity index (χ0n) is 17.7. The Morgan fingerprint density at radius 1 is 1.03 bits per heavy atom. The van der Waals surface area contributed by atoms with Crippen molar-refractivity contribution >= 4 is 27.7 Å². The first kappa shape index (κ1) is 23.4. The molecule has 3 rings (SSSR count). The first-order valence-electron chi connectivity index (χ1n) is 10.4. The molecule has 31 heavy (non-hydrogen) atoms. The number of halogens is 2. The van der Waals surface area contributed by atoms with Gasteiger partial charge in [0.15, 0.2) is 0 Å². The van der Waals surface area contributed by atoms with E-state index >= 15 is 0 Å². The van der Waals surface area contributed by atoms with Crippen LogP contribution in [0.3, 0.4) is 0 Å². The van der Waals surface area contributed by atoms with E-state index in [0.29, 0.717) is 11.0 Å². The predicted molar refractivity (Wildman–Crippen MR) is 122 cm³/mol. The number of rotatable bonds is 8. The van der Waals surface area contributed by atoms with Crippen molar-refractivity contribution in [1.82, 2.24) is 20.4 Å². The van der Waals surface area contributed by atoms with E-state index in [4.69, 9.17) is 0 Å². The zero-order chi connectivity index (χ0) is 22.2. The summed E-state index contributed by atoms with van der Waals surface area (Å²) in [4.78, 5) is 29.1. The molecule has 0 spiro atoms. The van der Waals surface area contributed by atoms with Gasteiger partial charge < -0.3 is 15.5 Å². The molecule has 0 bridgehead atoms. The van der Waals surface area contributed by atoms with E-state index in [-0.39, 0.29) is 24.4 Å². The third kappa shape index (κ3) is 7.41. The Morgan fingerprint density at radius 2 is 1.77 bits per heavy atom. The van der Waals surface area contributed by atoms with Crippen LogP contribution in [0.15, 0.2) is 46.9 Å². The molecule has 0 saturated carbocycles. The molecule has 0 unspecified atom stereocenters. The summed E-state index contributed by atoms with van der Waals surface area (Å²) in [5.74, 6) is -1.06. The van der Waals surface area contributed by atoms with Crippen molar-refractivity contribution in [2.24, 2.45) is 0 Å². The van der Waals surface area contributed by atoms with Crippen molar-refractivity contribution in [3.63, 3.8) is 0 Å². The molecule has 0 aromatic heterocycles. The smallest absolute Gasteiger partial charge is 0.252 e. The summed E-state index contributed by atoms with van der Waals surface area (Å²) in [5, 5.41) is 5.54. The molecule has 1 fully saturated rings. The average molecular weight is 491 g/mol. The fourth-order valence-corrected chi connectivity index (χ4v) is 3.87. The van der Waals surface area contributed by atoms with Gasteiger partial charge in [-0.25, -0.2) is 4.39 Å². The third-order valence-electron chi connectivity index (χ3n) is 5.29. The van der Waals surface area contributed by atoms with Crippen LogP contribution in [-0.2, 0) is 17.9 Å². The van der Waals surface area contributed by atoms with Crippen molar-refractivity contribution in [2.45, 2.75) is 19.5 Å². The molecule has 166 valence electrons. The summed E-state index contributed by atoms with van der Waals surface area (Å²) in [6.07, 6.45) is 0.152. The van der Waals surface area contributed by atoms with E-state index in [1.54, 1.807) is 0 Å². The van der Waals surface area contributed by atoms with Crippen LogP contribution in [-0.4, -0.2) is 61.4 Å². The minimum absolute atomic E-state index is 0.150. The van der Waals surface area contributed by atoms with E-state index in [1.807, 2.05) is 12.1 Å². The van der Waals surface area contributed by atoms with Crippen LogP contribution in [0.25, 0.3) is 0 Å². The van der Waals surface area contributed by atoms with Gasteiger partial charge in [-0.1, -0.05) is 24.3 Å². The highest BCUT2D eigenvalue weighted by molar-refractivity contribution is 9.10. The fraction of sp³-hybridized carbons (Fsp3) is 0.391. The van der Waals surface area contributed by atoms with Crippen LogP contribution < -0.4 is 10.6 Å². The first-order valence-corrected chi connectivity index (χ1v) is 11.2. The van der Waals surface area contributed by atoms with Crippen molar-refractivity contribution in [1.29, 1.82) is 0 Å². The second-order valence-electron chi connectivity index (χ2n) is 7.81. The molecule has 0 aliphatic carbocycles. The number of carbonyl (C=O) groups is 2. The summed E-state index contributed by atoms with van der Waals surface area (Å²) in [5.41, 5.74) is 2.49. The standard InChI is InChI=1S/C23H28BrFN4O2/c1-28-9-11-29(12-10-28)16-18-4-2-3-17(13-18)15-27-22(30)7-8-26-23(31)20-14-19(25)5-6-21(20)24/h2-6,13-14H,7-12,15-16H2,1H3,(H,26,31)(H,27,30). The second-order valence-corrected chi connectivity index (χ2v) is 8.66. The minimum Gasteiger partial charge on any atom is -0.352 e. The van der Waals surface area contributed by atoms with Gasteiger partial charge >= 0.3 is 0 Å². The average Bonchev–Trinajstić information content (AvgIpc) is 2.76. The molecular weight excluding hydrogens is 463 g/mol. The lowest BCUT2D eigenvalue weighted by molar-refractivity contribution is -0.121. The van der Waals surface area contributed by atoms with E-state index in [2.05, 4.69) is 55.5 Å². The summed E-state index contributed by atoms with van der Waals surface area (Å²) in [6, 6.07) is 12.2. The van der Waals surface area contributed by atoms with Crippen molar-refractivity contribution in [2.75, 3.05) is 39.8 Å². The Labute approximate surface area is 190 Å². The van der Waals surface area contributed by atoms with Gasteiger partial charge in [-0.2, -0.15) is 0 Å². The van der Waals surface area contributed by atoms with Gasteiger partial charge in [-0.15, -0.1) is 0 Å². The van der Waals surface area contributed by atoms with Crippen LogP contribution in [0, 0.1) is 5.82 Å². The molecule has 1 aliphatic rings. The Hall–Kier alpha value is -2.29. The Kier molecular flexibility index (Phi) is 8.57. The van der Waals surface area contributed by atoms with Crippen LogP contribution in [0.1, 0.15) is 27.9 Å². The maximum Gasteiger partial charge on any atom is 0.252 e. The van der Waals surface area contributed by atoms with Crippen LogP contribution in [0.5, 0.6) is 0 Å². The van der Waals surface area contributed by atoms with E-state index in [9.17, 15) is 14.0 Å². The Balaban J connectivity index is 1.40. The molecule has 6 nitrogen and oxygen atoms in total. The monoisotopic (exact) mass is 490 g/mol. The largest absolute Gasteiger partial charge is 0.352 e. The second kappa shape index (κ2) is 11.4. The molecule has 0 radical (unpaired) electrons. The molecule has 2 aromatic rings. The fourth-order valence-electron chi connectivity index (χ4n) is 3.45. The van der Waals surface area contributed by atoms with Crippen LogP contribution in [0.2, 0.25) is 0 Å². The summed E-state index contributed by atoms with van der Waals surface area (Å²) in [6.45, 7) is 5.84. The molecule has 2 N–H and O–H groups in total. The topological polar surface area (TPSA) is 64.7 Å². The molecular formula is C23H28BrFN4O2. The molecule has 1 saturated heterocycles. The number of benzene rings is 2. The van der Waals surface area contributed by atoms with E-state index in [1.165, 1.54) is 17.7 Å². The lowest BCUT2D eigenvalue weighted by atomic mass is 10.1. The number of amides is 2. The molecule has 1 aliphatic heterocycles. The SMILES string of the molecule is CN1CCN(Cc2cccc(CNC(=O)CCNC(=O)c3cc(F)ccc3Br)c2)CC1. The highest BCUT2D eigenvalue weighted by Crippen LogP contribution is 2.17. The highest BCUT2D eigenvalue weighted by atomic mass is 79.9. The number of piperazine rings is 1. The predicted octanol–water partition coefficient (Wildman–Crippen LogP) is 2.77. The summed E-state index contributed by atoms with van der Waals surface area (Å²) < 4.78 is 13.8. The maximum atomic E-state index is 13.3. The van der Waals surface area contributed by atoms with Crippen molar-refractivity contribution in [3.8, 4) is 0 Å². The quantitative estimate of drug-likeness (QED) is 0.597. The van der Waals surface area contributed by atoms with E-state index in [0.717, 1.165) is 44.4 Å². The van der Waals surface area contributed by atoms with Crippen LogP contribution >= 0.6 is 15.9 Å². The molecule has 2 aromatic carbocycles. The number of hydrogen-bond acceptors (Lipinski definition) is 4. The number of nitrogens with one attached hydrogen (secondary N) is 2. The van der Waals surface area contributed by atoms with Gasteiger partial charge in [0, 0.05) is 56.7 Å². The Morgan fingerprint density at radius 3 is 2.55 bits per heavy atom. The Bertz CT molecular complexity index is 916. The number of likely N-dealkylation sites (N-methyl/N-ethyl adjacent to an activating group) is 1. The summed E-state index contributed by atoms with van der Waals surface area (Å²) in [7, 11) is 2.15. The molecule has 8 heteroatoms. The third-order valence-corrected chi connectivity index (χ3v) is 5.99. The van der Waals surface area contributed by atoms with Gasteiger partial charge in [0.05, 0.1) is 5.56 Å². The number of nitrogens with zero attached hydrogens (tertiary/aromatic N) is 2. The lowest BCUT2D eigenvalue weighted by Gasteiger charge is -2.32. The molecule has 0 atom stereocenters. The maximum absolute atomic E-state index is 13.3. The number of hydrogen-bond donors (Lipinski definition) is 2. The first-order chi connectivity index (χ1) is 14.9. The van der Waals surface area contributed by atoms with E-state index < -0.39 is 11.7 Å². The lowest BCUT2D eigenvalue weighted by Crippen LogP contribution is -2.43.